The van der Waals surface area contributed by atoms with Crippen LogP contribution in [0.2, 0.25) is 0 Å². The van der Waals surface area contributed by atoms with E-state index >= 15 is 0 Å². The Hall–Kier alpha value is -2.18. The second kappa shape index (κ2) is 47.9. The quantitative estimate of drug-likeness (QED) is 0.0246. The molecular weight excluding hydrogens is 743 g/mol. The van der Waals surface area contributed by atoms with Gasteiger partial charge in [-0.25, -0.2) is 0 Å². The lowest BCUT2D eigenvalue weighted by molar-refractivity contribution is -0.151. The van der Waals surface area contributed by atoms with Gasteiger partial charge in [0.1, 0.15) is 6.10 Å². The second-order valence-corrected chi connectivity index (χ2v) is 17.6. The number of ether oxygens (including phenoxy) is 1. The van der Waals surface area contributed by atoms with Gasteiger partial charge in [0, 0.05) is 6.42 Å². The molecule has 0 aliphatic carbocycles. The minimum atomic E-state index is -0.797. The number of aliphatic hydroxyl groups is 2. The van der Waals surface area contributed by atoms with Crippen molar-refractivity contribution in [2.75, 3.05) is 6.61 Å². The van der Waals surface area contributed by atoms with Crippen molar-refractivity contribution in [2.45, 2.75) is 277 Å². The van der Waals surface area contributed by atoms with Gasteiger partial charge in [0.2, 0.25) is 5.91 Å². The van der Waals surface area contributed by atoms with Gasteiger partial charge in [0.15, 0.2) is 0 Å². The van der Waals surface area contributed by atoms with Crippen LogP contribution in [0.4, 0.5) is 0 Å². The van der Waals surface area contributed by atoms with Crippen LogP contribution in [0.15, 0.2) is 48.6 Å². The molecule has 0 saturated carbocycles. The molecule has 0 radical (unpaired) electrons. The maximum atomic E-state index is 13.2. The third kappa shape index (κ3) is 42.5. The summed E-state index contributed by atoms with van der Waals surface area (Å²) >= 11 is 0. The van der Waals surface area contributed by atoms with Gasteiger partial charge >= 0.3 is 5.97 Å². The van der Waals surface area contributed by atoms with Crippen LogP contribution in [-0.2, 0) is 14.3 Å². The van der Waals surface area contributed by atoms with Gasteiger partial charge in [-0.15, -0.1) is 0 Å². The summed E-state index contributed by atoms with van der Waals surface area (Å²) in [4.78, 5) is 26.1. The highest BCUT2D eigenvalue weighted by Crippen LogP contribution is 2.17. The minimum Gasteiger partial charge on any atom is -0.462 e. The molecule has 0 rings (SSSR count). The van der Waals surface area contributed by atoms with Crippen LogP contribution in [0.1, 0.15) is 258 Å². The predicted molar refractivity (Wildman–Crippen MR) is 259 cm³/mol. The summed E-state index contributed by atoms with van der Waals surface area (Å²) < 4.78 is 5.91. The van der Waals surface area contributed by atoms with E-state index in [2.05, 4.69) is 62.5 Å². The Morgan fingerprint density at radius 2 is 0.917 bits per heavy atom. The first-order chi connectivity index (χ1) is 29.5. The zero-order valence-electron chi connectivity index (χ0n) is 39.8. The molecule has 0 fully saturated rings. The van der Waals surface area contributed by atoms with E-state index in [9.17, 15) is 19.8 Å². The topological polar surface area (TPSA) is 95.9 Å². The highest BCUT2D eigenvalue weighted by atomic mass is 16.5. The van der Waals surface area contributed by atoms with Crippen LogP contribution >= 0.6 is 0 Å². The van der Waals surface area contributed by atoms with Crippen LogP contribution in [0.3, 0.4) is 0 Å². The Kier molecular flexibility index (Phi) is 46.1. The molecular formula is C54H99NO5. The van der Waals surface area contributed by atoms with Crippen molar-refractivity contribution >= 4 is 11.9 Å². The number of hydrogen-bond donors (Lipinski definition) is 3. The van der Waals surface area contributed by atoms with Gasteiger partial charge in [-0.2, -0.15) is 0 Å². The molecule has 350 valence electrons. The summed E-state index contributed by atoms with van der Waals surface area (Å²) in [6.07, 6.45) is 57.5. The fraction of sp³-hybridized carbons (Fsp3) is 0.815. The zero-order valence-corrected chi connectivity index (χ0v) is 39.8. The summed E-state index contributed by atoms with van der Waals surface area (Å²) in [6.45, 7) is 6.34. The Morgan fingerprint density at radius 1 is 0.500 bits per heavy atom. The third-order valence-corrected chi connectivity index (χ3v) is 11.7. The summed E-state index contributed by atoms with van der Waals surface area (Å²) in [5, 5.41) is 23.7. The molecule has 3 N–H and O–H groups in total. The molecule has 3 atom stereocenters. The van der Waals surface area contributed by atoms with E-state index in [0.717, 1.165) is 77.0 Å². The zero-order chi connectivity index (χ0) is 43.8. The number of nitrogens with one attached hydrogen (secondary N) is 1. The summed E-state index contributed by atoms with van der Waals surface area (Å²) in [7, 11) is 0. The number of allylic oxidation sites excluding steroid dienone is 8. The number of aliphatic hydroxyl groups excluding tert-OH is 2. The Bertz CT molecular complexity index is 1040. The number of carbonyl (C=O) groups excluding carboxylic acids is 2. The van der Waals surface area contributed by atoms with Crippen molar-refractivity contribution in [2.24, 2.45) is 0 Å². The average Bonchev–Trinajstić information content (AvgIpc) is 3.24. The van der Waals surface area contributed by atoms with Crippen LogP contribution in [0.5, 0.6) is 0 Å². The Balaban J connectivity index is 4.54. The molecule has 0 bridgehead atoms. The van der Waals surface area contributed by atoms with Crippen molar-refractivity contribution in [1.82, 2.24) is 5.32 Å². The van der Waals surface area contributed by atoms with Crippen LogP contribution in [0.25, 0.3) is 0 Å². The SMILES string of the molecule is CC/C=C/C=C/C=C\CCCCCC(CC(=O)NC(CO)C(O)CCCCCCCCCCCCCC)OC(=O)CCCCCCC/C=C/CCCCCCCCCCC. The van der Waals surface area contributed by atoms with E-state index in [4.69, 9.17) is 4.74 Å². The van der Waals surface area contributed by atoms with Crippen molar-refractivity contribution in [3.8, 4) is 0 Å². The molecule has 3 unspecified atom stereocenters. The number of carbonyl (C=O) groups is 2. The molecule has 0 aliphatic rings. The summed E-state index contributed by atoms with van der Waals surface area (Å²) in [5.41, 5.74) is 0. The first kappa shape index (κ1) is 57.8. The van der Waals surface area contributed by atoms with E-state index in [0.29, 0.717) is 19.3 Å². The molecule has 6 heteroatoms. The largest absolute Gasteiger partial charge is 0.462 e. The van der Waals surface area contributed by atoms with Gasteiger partial charge in [0.25, 0.3) is 0 Å². The normalized spacial score (nSPS) is 13.6. The van der Waals surface area contributed by atoms with E-state index in [1.807, 2.05) is 12.2 Å². The monoisotopic (exact) mass is 842 g/mol. The molecule has 1 amide bonds. The highest BCUT2D eigenvalue weighted by molar-refractivity contribution is 5.77. The van der Waals surface area contributed by atoms with E-state index in [1.54, 1.807) is 0 Å². The van der Waals surface area contributed by atoms with E-state index < -0.39 is 18.2 Å². The minimum absolute atomic E-state index is 0.0518. The predicted octanol–water partition coefficient (Wildman–Crippen LogP) is 15.5. The molecule has 6 nitrogen and oxygen atoms in total. The first-order valence-corrected chi connectivity index (χ1v) is 25.9. The molecule has 0 saturated heterocycles. The Morgan fingerprint density at radius 3 is 1.42 bits per heavy atom. The lowest BCUT2D eigenvalue weighted by atomic mass is 10.0. The average molecular weight is 842 g/mol. The number of amides is 1. The number of hydrogen-bond acceptors (Lipinski definition) is 5. The number of unbranched alkanes of at least 4 members (excludes halogenated alkanes) is 28. The second-order valence-electron chi connectivity index (χ2n) is 17.6. The lowest BCUT2D eigenvalue weighted by Gasteiger charge is -2.24. The standard InChI is InChI=1S/C54H99NO5/c1-4-7-10-13-16-19-22-24-25-26-27-28-29-32-35-38-41-44-47-54(59)60-50(45-42-39-36-33-30-21-18-15-12-9-6-3)48-53(58)55-51(49-56)52(57)46-43-40-37-34-31-23-20-17-14-11-8-5-2/h9,12,15,18,21,27-28,30,50-52,56-57H,4-8,10-11,13-14,16-17,19-20,22-26,29,31-49H2,1-3H3,(H,55,58)/b12-9+,18-15+,28-27+,30-21-. The molecule has 0 aromatic rings. The van der Waals surface area contributed by atoms with Gasteiger partial charge in [-0.3, -0.25) is 9.59 Å². The van der Waals surface area contributed by atoms with Crippen LogP contribution in [-0.4, -0.2) is 46.9 Å². The first-order valence-electron chi connectivity index (χ1n) is 25.9. The summed E-state index contributed by atoms with van der Waals surface area (Å²) in [5.74, 6) is -0.514. The number of esters is 1. The maximum Gasteiger partial charge on any atom is 0.306 e. The van der Waals surface area contributed by atoms with E-state index in [1.165, 1.54) is 135 Å². The van der Waals surface area contributed by atoms with Crippen molar-refractivity contribution < 1.29 is 24.5 Å². The van der Waals surface area contributed by atoms with E-state index in [-0.39, 0.29) is 24.9 Å². The molecule has 0 spiro atoms. The Labute approximate surface area is 372 Å². The van der Waals surface area contributed by atoms with Crippen molar-refractivity contribution in [3.63, 3.8) is 0 Å². The van der Waals surface area contributed by atoms with Gasteiger partial charge < -0.3 is 20.3 Å². The fourth-order valence-corrected chi connectivity index (χ4v) is 7.78. The van der Waals surface area contributed by atoms with Gasteiger partial charge in [-0.1, -0.05) is 223 Å². The highest BCUT2D eigenvalue weighted by Gasteiger charge is 2.24. The van der Waals surface area contributed by atoms with Gasteiger partial charge in [-0.05, 0) is 70.6 Å². The maximum absolute atomic E-state index is 13.2. The summed E-state index contributed by atoms with van der Waals surface area (Å²) in [6, 6.07) is -0.713. The molecule has 0 aromatic heterocycles. The van der Waals surface area contributed by atoms with Crippen LogP contribution in [0, 0.1) is 0 Å². The third-order valence-electron chi connectivity index (χ3n) is 11.7. The smallest absolute Gasteiger partial charge is 0.306 e. The van der Waals surface area contributed by atoms with Crippen molar-refractivity contribution in [1.29, 1.82) is 0 Å². The van der Waals surface area contributed by atoms with Crippen LogP contribution < -0.4 is 5.32 Å². The lowest BCUT2D eigenvalue weighted by Crippen LogP contribution is -2.46. The fourth-order valence-electron chi connectivity index (χ4n) is 7.78. The number of rotatable bonds is 46. The molecule has 60 heavy (non-hydrogen) atoms. The van der Waals surface area contributed by atoms with Gasteiger partial charge in [0.05, 0.1) is 25.2 Å². The molecule has 0 aliphatic heterocycles. The molecule has 0 heterocycles. The van der Waals surface area contributed by atoms with Crippen molar-refractivity contribution in [3.05, 3.63) is 48.6 Å². The molecule has 0 aromatic carbocycles.